The van der Waals surface area contributed by atoms with Gasteiger partial charge in [0, 0.05) is 23.4 Å². The number of nitrogens with zero attached hydrogens (tertiary/aromatic N) is 2. The van der Waals surface area contributed by atoms with Crippen molar-refractivity contribution in [3.63, 3.8) is 0 Å². The molecule has 0 radical (unpaired) electrons. The van der Waals surface area contributed by atoms with Crippen LogP contribution in [0.4, 0.5) is 0 Å². The quantitative estimate of drug-likeness (QED) is 0.572. The number of hydrogen-bond donors (Lipinski definition) is 0. The summed E-state index contributed by atoms with van der Waals surface area (Å²) in [6.07, 6.45) is 2.96. The molecule has 6 heteroatoms. The maximum Gasteiger partial charge on any atom is 0.340 e. The zero-order valence-electron chi connectivity index (χ0n) is 16.7. The Morgan fingerprint density at radius 2 is 1.58 bits per heavy atom. The van der Waals surface area contributed by atoms with Crippen LogP contribution in [0.15, 0.2) is 44.7 Å². The molecule has 0 spiro atoms. The molecule has 140 valence electrons. The third-order valence-corrected chi connectivity index (χ3v) is 4.18. The average molecular weight is 358 g/mol. The number of aliphatic imine (C=N–C) groups is 2. The first-order valence-corrected chi connectivity index (χ1v) is 8.43. The lowest BCUT2D eigenvalue weighted by Crippen LogP contribution is -2.25. The lowest BCUT2D eigenvalue weighted by atomic mass is 9.78. The van der Waals surface area contributed by atoms with Crippen molar-refractivity contribution in [1.82, 2.24) is 0 Å². The molecule has 0 aliphatic carbocycles. The molecule has 6 nitrogen and oxygen atoms in total. The van der Waals surface area contributed by atoms with E-state index in [1.165, 1.54) is 14.2 Å². The molecule has 0 amide bonds. The number of methoxy groups -OCH3 is 2. The van der Waals surface area contributed by atoms with Crippen LogP contribution in [0.2, 0.25) is 0 Å². The summed E-state index contributed by atoms with van der Waals surface area (Å²) in [6.45, 7) is 12.3. The number of esters is 2. The van der Waals surface area contributed by atoms with Gasteiger partial charge in [0.1, 0.15) is 0 Å². The SMILES string of the molecule is COC(=O)/C=C(\C(=O)OC)C1=C(C(C)(C)C)C2=NC=C(C(C)(C)C)C2=N1. The summed E-state index contributed by atoms with van der Waals surface area (Å²) in [5.74, 6) is -1.28. The van der Waals surface area contributed by atoms with Crippen LogP contribution in [0.25, 0.3) is 0 Å². The highest BCUT2D eigenvalue weighted by Gasteiger charge is 2.41. The largest absolute Gasteiger partial charge is 0.466 e. The van der Waals surface area contributed by atoms with Gasteiger partial charge in [-0.2, -0.15) is 0 Å². The highest BCUT2D eigenvalue weighted by molar-refractivity contribution is 6.57. The predicted molar refractivity (Wildman–Crippen MR) is 101 cm³/mol. The summed E-state index contributed by atoms with van der Waals surface area (Å²) in [5.41, 5.74) is 3.29. The van der Waals surface area contributed by atoms with Gasteiger partial charge in [0.15, 0.2) is 0 Å². The Hall–Kier alpha value is -2.50. The van der Waals surface area contributed by atoms with Crippen LogP contribution in [0, 0.1) is 10.8 Å². The average Bonchev–Trinajstić information content (AvgIpc) is 3.08. The summed E-state index contributed by atoms with van der Waals surface area (Å²) < 4.78 is 9.56. The minimum absolute atomic E-state index is 0.0714. The van der Waals surface area contributed by atoms with Gasteiger partial charge < -0.3 is 9.47 Å². The van der Waals surface area contributed by atoms with Gasteiger partial charge in [-0.15, -0.1) is 0 Å². The smallest absolute Gasteiger partial charge is 0.340 e. The number of hydrogen-bond acceptors (Lipinski definition) is 6. The van der Waals surface area contributed by atoms with E-state index < -0.39 is 11.9 Å². The van der Waals surface area contributed by atoms with Crippen molar-refractivity contribution in [2.45, 2.75) is 41.5 Å². The molecule has 2 heterocycles. The first-order chi connectivity index (χ1) is 11.9. The third kappa shape index (κ3) is 3.54. The first kappa shape index (κ1) is 19.8. The molecule has 2 aliphatic heterocycles. The molecule has 0 bridgehead atoms. The van der Waals surface area contributed by atoms with Gasteiger partial charge >= 0.3 is 11.9 Å². The summed E-state index contributed by atoms with van der Waals surface area (Å²) >= 11 is 0. The van der Waals surface area contributed by atoms with E-state index in [0.717, 1.165) is 28.6 Å². The zero-order valence-corrected chi connectivity index (χ0v) is 16.7. The Balaban J connectivity index is 2.70. The first-order valence-electron chi connectivity index (χ1n) is 8.43. The number of ether oxygens (including phenoxy) is 2. The second-order valence-electron chi connectivity index (χ2n) is 8.28. The Bertz CT molecular complexity index is 810. The van der Waals surface area contributed by atoms with Crippen LogP contribution in [-0.2, 0) is 19.1 Å². The highest BCUT2D eigenvalue weighted by Crippen LogP contribution is 2.43. The van der Waals surface area contributed by atoms with Gasteiger partial charge in [-0.1, -0.05) is 41.5 Å². The van der Waals surface area contributed by atoms with E-state index in [-0.39, 0.29) is 16.4 Å². The Morgan fingerprint density at radius 1 is 0.962 bits per heavy atom. The molecule has 0 aromatic rings. The van der Waals surface area contributed by atoms with E-state index in [1.807, 2.05) is 27.0 Å². The van der Waals surface area contributed by atoms with Crippen LogP contribution in [0.3, 0.4) is 0 Å². The molecule has 0 N–H and O–H groups in total. The van der Waals surface area contributed by atoms with Crippen molar-refractivity contribution in [3.05, 3.63) is 34.7 Å². The Morgan fingerprint density at radius 3 is 2.04 bits per heavy atom. The third-order valence-electron chi connectivity index (χ3n) is 4.18. The topological polar surface area (TPSA) is 77.3 Å². The minimum Gasteiger partial charge on any atom is -0.466 e. The van der Waals surface area contributed by atoms with E-state index >= 15 is 0 Å². The number of carbonyl (C=O) groups excluding carboxylic acids is 2. The van der Waals surface area contributed by atoms with Crippen molar-refractivity contribution in [3.8, 4) is 0 Å². The predicted octanol–water partition coefficient (Wildman–Crippen LogP) is 3.40. The second kappa shape index (κ2) is 6.67. The highest BCUT2D eigenvalue weighted by atomic mass is 16.5. The maximum atomic E-state index is 12.4. The molecular formula is C20H26N2O4. The van der Waals surface area contributed by atoms with E-state index in [1.54, 1.807) is 0 Å². The fraction of sp³-hybridized carbons (Fsp3) is 0.500. The van der Waals surface area contributed by atoms with Crippen LogP contribution in [0.1, 0.15) is 41.5 Å². The van der Waals surface area contributed by atoms with Gasteiger partial charge in [-0.3, -0.25) is 4.99 Å². The van der Waals surface area contributed by atoms with Crippen molar-refractivity contribution >= 4 is 23.4 Å². The molecule has 0 aromatic heterocycles. The monoisotopic (exact) mass is 358 g/mol. The molecule has 0 fully saturated rings. The molecule has 0 unspecified atom stereocenters. The van der Waals surface area contributed by atoms with Crippen LogP contribution in [0.5, 0.6) is 0 Å². The number of fused-ring (bicyclic) bond motifs is 1. The van der Waals surface area contributed by atoms with Gasteiger partial charge in [0.05, 0.1) is 36.9 Å². The van der Waals surface area contributed by atoms with E-state index in [0.29, 0.717) is 5.70 Å². The normalized spacial score (nSPS) is 17.5. The molecule has 0 saturated carbocycles. The lowest BCUT2D eigenvalue weighted by Gasteiger charge is -2.23. The van der Waals surface area contributed by atoms with Crippen molar-refractivity contribution in [2.75, 3.05) is 14.2 Å². The van der Waals surface area contributed by atoms with Crippen LogP contribution >= 0.6 is 0 Å². The number of allylic oxidation sites excluding steroid dienone is 2. The lowest BCUT2D eigenvalue weighted by molar-refractivity contribution is -0.138. The molecule has 2 aliphatic rings. The Labute approximate surface area is 154 Å². The molecule has 26 heavy (non-hydrogen) atoms. The van der Waals surface area contributed by atoms with Gasteiger partial charge in [-0.25, -0.2) is 14.6 Å². The summed E-state index contributed by atoms with van der Waals surface area (Å²) in [7, 11) is 2.53. The van der Waals surface area contributed by atoms with Gasteiger partial charge in [-0.05, 0) is 10.8 Å². The number of rotatable bonds is 3. The zero-order chi connectivity index (χ0) is 19.9. The molecule has 2 rings (SSSR count). The molecule has 0 saturated heterocycles. The fourth-order valence-corrected chi connectivity index (χ4v) is 2.92. The van der Waals surface area contributed by atoms with E-state index in [9.17, 15) is 9.59 Å². The minimum atomic E-state index is -0.642. The van der Waals surface area contributed by atoms with Crippen molar-refractivity contribution in [1.29, 1.82) is 0 Å². The van der Waals surface area contributed by atoms with E-state index in [2.05, 4.69) is 30.5 Å². The van der Waals surface area contributed by atoms with E-state index in [4.69, 9.17) is 9.73 Å². The summed E-state index contributed by atoms with van der Waals surface area (Å²) in [6, 6.07) is 0. The maximum absolute atomic E-state index is 12.4. The number of carbonyl (C=O) groups is 2. The molecule has 0 atom stereocenters. The Kier molecular flexibility index (Phi) is 5.08. The van der Waals surface area contributed by atoms with Gasteiger partial charge in [0.25, 0.3) is 0 Å². The van der Waals surface area contributed by atoms with Crippen molar-refractivity contribution < 1.29 is 19.1 Å². The van der Waals surface area contributed by atoms with Crippen LogP contribution < -0.4 is 0 Å². The fourth-order valence-electron chi connectivity index (χ4n) is 2.92. The molecular weight excluding hydrogens is 332 g/mol. The van der Waals surface area contributed by atoms with Crippen LogP contribution in [-0.4, -0.2) is 37.6 Å². The summed E-state index contributed by atoms with van der Waals surface area (Å²) in [5, 5.41) is 0. The standard InChI is InChI=1S/C20H26N2O4/c1-19(2,3)12-10-21-17-14(20(4,5)6)15(22-16(12)17)11(18(24)26-8)9-13(23)25-7/h9-10H,1-8H3/b11-9-. The van der Waals surface area contributed by atoms with Crippen molar-refractivity contribution in [2.24, 2.45) is 20.8 Å². The summed E-state index contributed by atoms with van der Waals surface area (Å²) in [4.78, 5) is 33.5. The molecule has 0 aromatic carbocycles. The van der Waals surface area contributed by atoms with Gasteiger partial charge in [0.2, 0.25) is 0 Å². The second-order valence-corrected chi connectivity index (χ2v) is 8.28.